The summed E-state index contributed by atoms with van der Waals surface area (Å²) in [5.74, 6) is -4.18. The van der Waals surface area contributed by atoms with Gasteiger partial charge in [-0.15, -0.1) is 0 Å². The van der Waals surface area contributed by atoms with E-state index in [1.807, 2.05) is 12.1 Å². The molecule has 1 N–H and O–H groups in total. The molecule has 0 aliphatic rings. The van der Waals surface area contributed by atoms with Crippen molar-refractivity contribution in [1.29, 1.82) is 0 Å². The zero-order chi connectivity index (χ0) is 14.7. The molecule has 1 unspecified atom stereocenters. The Hall–Kier alpha value is -1.81. The van der Waals surface area contributed by atoms with Gasteiger partial charge in [0.05, 0.1) is 0 Å². The SMILES string of the molecule is CCCc1ccc(C(O)c2ccc(F)c(F)c2F)cc1. The van der Waals surface area contributed by atoms with Crippen molar-refractivity contribution in [3.8, 4) is 0 Å². The molecule has 20 heavy (non-hydrogen) atoms. The molecule has 0 saturated heterocycles. The van der Waals surface area contributed by atoms with E-state index in [4.69, 9.17) is 0 Å². The van der Waals surface area contributed by atoms with E-state index in [-0.39, 0.29) is 5.56 Å². The highest BCUT2D eigenvalue weighted by atomic mass is 19.2. The summed E-state index contributed by atoms with van der Waals surface area (Å²) < 4.78 is 39.7. The first-order chi connectivity index (χ1) is 9.54. The van der Waals surface area contributed by atoms with Gasteiger partial charge in [0, 0.05) is 5.56 Å². The first-order valence-electron chi connectivity index (χ1n) is 6.45. The van der Waals surface area contributed by atoms with Crippen LogP contribution in [-0.2, 0) is 6.42 Å². The number of benzene rings is 2. The fraction of sp³-hybridized carbons (Fsp3) is 0.250. The summed E-state index contributed by atoms with van der Waals surface area (Å²) in [6, 6.07) is 8.85. The lowest BCUT2D eigenvalue weighted by molar-refractivity contribution is 0.212. The van der Waals surface area contributed by atoms with Crippen LogP contribution < -0.4 is 0 Å². The van der Waals surface area contributed by atoms with Crippen LogP contribution in [0, 0.1) is 17.5 Å². The maximum atomic E-state index is 13.6. The molecule has 2 aromatic rings. The van der Waals surface area contributed by atoms with Crippen LogP contribution in [0.5, 0.6) is 0 Å². The molecule has 106 valence electrons. The molecule has 0 amide bonds. The number of hydrogen-bond donors (Lipinski definition) is 1. The summed E-state index contributed by atoms with van der Waals surface area (Å²) in [4.78, 5) is 0. The smallest absolute Gasteiger partial charge is 0.194 e. The second kappa shape index (κ2) is 6.09. The van der Waals surface area contributed by atoms with E-state index in [1.165, 1.54) is 0 Å². The summed E-state index contributed by atoms with van der Waals surface area (Å²) in [7, 11) is 0. The van der Waals surface area contributed by atoms with Crippen molar-refractivity contribution in [3.05, 3.63) is 70.5 Å². The third-order valence-electron chi connectivity index (χ3n) is 3.19. The summed E-state index contributed by atoms with van der Waals surface area (Å²) in [6.07, 6.45) is 0.594. The maximum absolute atomic E-state index is 13.6. The Morgan fingerprint density at radius 1 is 0.950 bits per heavy atom. The molecule has 0 aromatic heterocycles. The summed E-state index contributed by atoms with van der Waals surface area (Å²) >= 11 is 0. The molecule has 4 heteroatoms. The molecule has 0 saturated carbocycles. The zero-order valence-corrected chi connectivity index (χ0v) is 11.0. The van der Waals surface area contributed by atoms with Gasteiger partial charge in [0.1, 0.15) is 6.10 Å². The topological polar surface area (TPSA) is 20.2 Å². The molecule has 0 aliphatic heterocycles. The van der Waals surface area contributed by atoms with Gasteiger partial charge in [-0.05, 0) is 23.6 Å². The van der Waals surface area contributed by atoms with E-state index in [9.17, 15) is 18.3 Å². The third-order valence-corrected chi connectivity index (χ3v) is 3.19. The minimum atomic E-state index is -1.57. The average Bonchev–Trinajstić information content (AvgIpc) is 2.45. The van der Waals surface area contributed by atoms with Gasteiger partial charge in [0.15, 0.2) is 17.5 Å². The Bertz CT molecular complexity index is 593. The minimum absolute atomic E-state index is 0.271. The molecule has 2 rings (SSSR count). The van der Waals surface area contributed by atoms with Gasteiger partial charge in [0.25, 0.3) is 0 Å². The van der Waals surface area contributed by atoms with E-state index in [0.717, 1.165) is 30.5 Å². The van der Waals surface area contributed by atoms with Crippen LogP contribution in [0.1, 0.15) is 36.1 Å². The van der Waals surface area contributed by atoms with Crippen molar-refractivity contribution in [2.45, 2.75) is 25.9 Å². The van der Waals surface area contributed by atoms with Crippen LogP contribution in [0.15, 0.2) is 36.4 Å². The van der Waals surface area contributed by atoms with Crippen molar-refractivity contribution < 1.29 is 18.3 Å². The van der Waals surface area contributed by atoms with Crippen LogP contribution in [0.3, 0.4) is 0 Å². The molecule has 0 bridgehead atoms. The van der Waals surface area contributed by atoms with Gasteiger partial charge in [0.2, 0.25) is 0 Å². The van der Waals surface area contributed by atoms with Gasteiger partial charge in [-0.3, -0.25) is 0 Å². The first kappa shape index (κ1) is 14.6. The third kappa shape index (κ3) is 2.85. The fourth-order valence-corrected chi connectivity index (χ4v) is 2.09. The highest BCUT2D eigenvalue weighted by molar-refractivity contribution is 5.33. The zero-order valence-electron chi connectivity index (χ0n) is 11.0. The quantitative estimate of drug-likeness (QED) is 0.835. The molecule has 0 fully saturated rings. The summed E-state index contributed by atoms with van der Waals surface area (Å²) in [5.41, 5.74) is 1.27. The van der Waals surface area contributed by atoms with Gasteiger partial charge < -0.3 is 5.11 Å². The maximum Gasteiger partial charge on any atom is 0.194 e. The second-order valence-corrected chi connectivity index (χ2v) is 4.66. The molecular weight excluding hydrogens is 265 g/mol. The summed E-state index contributed by atoms with van der Waals surface area (Å²) in [5, 5.41) is 10.1. The Balaban J connectivity index is 2.31. The van der Waals surface area contributed by atoms with E-state index in [0.29, 0.717) is 5.56 Å². The Kier molecular flexibility index (Phi) is 4.45. The van der Waals surface area contributed by atoms with Gasteiger partial charge >= 0.3 is 0 Å². The molecule has 0 aliphatic carbocycles. The number of halogens is 3. The molecular formula is C16H15F3O. The van der Waals surface area contributed by atoms with Crippen molar-refractivity contribution in [2.75, 3.05) is 0 Å². The van der Waals surface area contributed by atoms with E-state index in [1.54, 1.807) is 12.1 Å². The minimum Gasteiger partial charge on any atom is -0.384 e. The monoisotopic (exact) mass is 280 g/mol. The normalized spacial score (nSPS) is 12.4. The number of hydrogen-bond acceptors (Lipinski definition) is 1. The molecule has 0 radical (unpaired) electrons. The van der Waals surface area contributed by atoms with Crippen LogP contribution in [0.2, 0.25) is 0 Å². The van der Waals surface area contributed by atoms with E-state index >= 15 is 0 Å². The highest BCUT2D eigenvalue weighted by Gasteiger charge is 2.20. The highest BCUT2D eigenvalue weighted by Crippen LogP contribution is 2.27. The van der Waals surface area contributed by atoms with Gasteiger partial charge in [-0.1, -0.05) is 43.7 Å². The fourth-order valence-electron chi connectivity index (χ4n) is 2.09. The van der Waals surface area contributed by atoms with Crippen LogP contribution in [0.4, 0.5) is 13.2 Å². The lowest BCUT2D eigenvalue weighted by Gasteiger charge is -2.13. The van der Waals surface area contributed by atoms with Crippen molar-refractivity contribution in [1.82, 2.24) is 0 Å². The second-order valence-electron chi connectivity index (χ2n) is 4.66. The van der Waals surface area contributed by atoms with Crippen molar-refractivity contribution in [2.24, 2.45) is 0 Å². The van der Waals surface area contributed by atoms with E-state index in [2.05, 4.69) is 6.92 Å². The molecule has 0 spiro atoms. The molecule has 2 aromatic carbocycles. The van der Waals surface area contributed by atoms with E-state index < -0.39 is 23.6 Å². The van der Waals surface area contributed by atoms with Crippen molar-refractivity contribution >= 4 is 0 Å². The van der Waals surface area contributed by atoms with Crippen LogP contribution >= 0.6 is 0 Å². The predicted molar refractivity (Wildman–Crippen MR) is 70.8 cm³/mol. The number of aryl methyl sites for hydroxylation is 1. The van der Waals surface area contributed by atoms with Crippen LogP contribution in [0.25, 0.3) is 0 Å². The number of rotatable bonds is 4. The molecule has 0 heterocycles. The van der Waals surface area contributed by atoms with Crippen molar-refractivity contribution in [3.63, 3.8) is 0 Å². The number of aliphatic hydroxyl groups is 1. The standard InChI is InChI=1S/C16H15F3O/c1-2-3-10-4-6-11(7-5-10)16(20)12-8-9-13(17)15(19)14(12)18/h4-9,16,20H,2-3H2,1H3. The Morgan fingerprint density at radius 2 is 1.60 bits per heavy atom. The Labute approximate surface area is 115 Å². The Morgan fingerprint density at radius 3 is 2.20 bits per heavy atom. The summed E-state index contributed by atoms with van der Waals surface area (Å²) in [6.45, 7) is 2.05. The predicted octanol–water partition coefficient (Wildman–Crippen LogP) is 4.14. The van der Waals surface area contributed by atoms with Gasteiger partial charge in [-0.25, -0.2) is 13.2 Å². The van der Waals surface area contributed by atoms with Crippen LogP contribution in [-0.4, -0.2) is 5.11 Å². The van der Waals surface area contributed by atoms with Gasteiger partial charge in [-0.2, -0.15) is 0 Å². The molecule has 1 atom stereocenters. The molecule has 1 nitrogen and oxygen atoms in total. The largest absolute Gasteiger partial charge is 0.384 e. The average molecular weight is 280 g/mol. The first-order valence-corrected chi connectivity index (χ1v) is 6.45. The lowest BCUT2D eigenvalue weighted by atomic mass is 9.99. The lowest BCUT2D eigenvalue weighted by Crippen LogP contribution is -2.05. The number of aliphatic hydroxyl groups excluding tert-OH is 1.